The van der Waals surface area contributed by atoms with Crippen molar-refractivity contribution < 1.29 is 19.0 Å². The minimum Gasteiger partial charge on any atom is -0.494 e. The van der Waals surface area contributed by atoms with Crippen molar-refractivity contribution in [2.24, 2.45) is 0 Å². The van der Waals surface area contributed by atoms with Crippen molar-refractivity contribution in [3.63, 3.8) is 0 Å². The van der Waals surface area contributed by atoms with E-state index in [1.165, 1.54) is 19.2 Å². The molecule has 1 aromatic rings. The molecule has 2 atom stereocenters. The first-order valence-electron chi connectivity index (χ1n) is 6.11. The highest BCUT2D eigenvalue weighted by atomic mass is 19.1. The van der Waals surface area contributed by atoms with Gasteiger partial charge in [-0.25, -0.2) is 4.39 Å². The summed E-state index contributed by atoms with van der Waals surface area (Å²) in [6, 6.07) is 4.17. The third-order valence-electron chi connectivity index (χ3n) is 3.11. The highest BCUT2D eigenvalue weighted by Gasteiger charge is 2.27. The molecule has 3 N–H and O–H groups in total. The fourth-order valence-electron chi connectivity index (χ4n) is 2.05. The molecule has 1 aliphatic heterocycles. The lowest BCUT2D eigenvalue weighted by Gasteiger charge is -2.11. The van der Waals surface area contributed by atoms with Crippen LogP contribution in [0.15, 0.2) is 18.2 Å². The third kappa shape index (κ3) is 3.42. The Kier molecular flexibility index (Phi) is 4.34. The van der Waals surface area contributed by atoms with Crippen LogP contribution in [-0.4, -0.2) is 36.8 Å². The van der Waals surface area contributed by atoms with Gasteiger partial charge in [0.05, 0.1) is 19.3 Å². The van der Waals surface area contributed by atoms with Crippen LogP contribution in [0.5, 0.6) is 5.75 Å². The minimum absolute atomic E-state index is 0.177. The summed E-state index contributed by atoms with van der Waals surface area (Å²) in [5, 5.41) is 14.9. The predicted octanol–water partition coefficient (Wildman–Crippen LogP) is 0.173. The number of methoxy groups -OCH3 is 1. The van der Waals surface area contributed by atoms with E-state index in [9.17, 15) is 14.3 Å². The van der Waals surface area contributed by atoms with E-state index in [0.29, 0.717) is 18.5 Å². The maximum Gasteiger partial charge on any atom is 0.237 e. The van der Waals surface area contributed by atoms with Crippen molar-refractivity contribution in [1.29, 1.82) is 0 Å². The molecule has 2 rings (SSSR count). The Morgan fingerprint density at radius 1 is 1.63 bits per heavy atom. The van der Waals surface area contributed by atoms with Gasteiger partial charge in [0.1, 0.15) is 0 Å². The normalized spacial score (nSPS) is 22.3. The van der Waals surface area contributed by atoms with Crippen molar-refractivity contribution in [2.45, 2.75) is 25.1 Å². The van der Waals surface area contributed by atoms with E-state index in [1.54, 1.807) is 6.07 Å². The molecule has 0 aliphatic carbocycles. The molecule has 1 amide bonds. The summed E-state index contributed by atoms with van der Waals surface area (Å²) in [6.07, 6.45) is -0.0720. The highest BCUT2D eigenvalue weighted by Crippen LogP contribution is 2.17. The van der Waals surface area contributed by atoms with Gasteiger partial charge < -0.3 is 20.5 Å². The fraction of sp³-hybridized carbons (Fsp3) is 0.462. The number of aliphatic hydroxyl groups is 1. The van der Waals surface area contributed by atoms with Crippen LogP contribution >= 0.6 is 0 Å². The van der Waals surface area contributed by atoms with Gasteiger partial charge >= 0.3 is 0 Å². The summed E-state index contributed by atoms with van der Waals surface area (Å²) < 4.78 is 18.3. The number of hydrogen-bond donors (Lipinski definition) is 3. The van der Waals surface area contributed by atoms with Crippen LogP contribution in [0.2, 0.25) is 0 Å². The second-order valence-electron chi connectivity index (χ2n) is 4.54. The average molecular weight is 268 g/mol. The number of benzene rings is 1. The summed E-state index contributed by atoms with van der Waals surface area (Å²) in [7, 11) is 1.40. The second kappa shape index (κ2) is 5.99. The number of amides is 1. The smallest absolute Gasteiger partial charge is 0.237 e. The molecule has 5 nitrogen and oxygen atoms in total. The number of β-amino-alcohol motifs (C(OH)–C–C–N with tert-alkyl or cyclic N) is 1. The fourth-order valence-corrected chi connectivity index (χ4v) is 2.05. The monoisotopic (exact) mass is 268 g/mol. The Hall–Kier alpha value is -1.66. The van der Waals surface area contributed by atoms with Gasteiger partial charge in [0.15, 0.2) is 11.6 Å². The molecule has 0 aromatic heterocycles. The van der Waals surface area contributed by atoms with E-state index in [-0.39, 0.29) is 24.2 Å². The van der Waals surface area contributed by atoms with Gasteiger partial charge in [0.2, 0.25) is 5.91 Å². The lowest BCUT2D eigenvalue weighted by Crippen LogP contribution is -2.40. The average Bonchev–Trinajstić information content (AvgIpc) is 2.83. The lowest BCUT2D eigenvalue weighted by molar-refractivity contribution is -0.123. The molecule has 1 fully saturated rings. The zero-order chi connectivity index (χ0) is 13.8. The van der Waals surface area contributed by atoms with E-state index in [4.69, 9.17) is 4.74 Å². The zero-order valence-electron chi connectivity index (χ0n) is 10.6. The zero-order valence-corrected chi connectivity index (χ0v) is 10.6. The molecule has 1 heterocycles. The number of aliphatic hydroxyl groups excluding tert-OH is 1. The third-order valence-corrected chi connectivity index (χ3v) is 3.11. The van der Waals surface area contributed by atoms with Crippen molar-refractivity contribution in [3.8, 4) is 5.75 Å². The van der Waals surface area contributed by atoms with Gasteiger partial charge in [0, 0.05) is 13.1 Å². The number of nitrogens with one attached hydrogen (secondary N) is 2. The molecule has 19 heavy (non-hydrogen) atoms. The largest absolute Gasteiger partial charge is 0.494 e. The quantitative estimate of drug-likeness (QED) is 0.728. The van der Waals surface area contributed by atoms with E-state index in [1.807, 2.05) is 0 Å². The molecule has 0 spiro atoms. The maximum atomic E-state index is 13.4. The van der Waals surface area contributed by atoms with Gasteiger partial charge in [-0.05, 0) is 24.1 Å². The molecule has 0 radical (unpaired) electrons. The van der Waals surface area contributed by atoms with Crippen molar-refractivity contribution in [2.75, 3.05) is 13.7 Å². The van der Waals surface area contributed by atoms with Crippen molar-refractivity contribution >= 4 is 5.91 Å². The predicted molar refractivity (Wildman–Crippen MR) is 67.2 cm³/mol. The summed E-state index contributed by atoms with van der Waals surface area (Å²) >= 11 is 0. The van der Waals surface area contributed by atoms with Gasteiger partial charge in [0.25, 0.3) is 0 Å². The minimum atomic E-state index is -0.478. The molecule has 104 valence electrons. The number of hydrogen-bond acceptors (Lipinski definition) is 4. The molecule has 1 saturated heterocycles. The van der Waals surface area contributed by atoms with Crippen LogP contribution in [0.25, 0.3) is 0 Å². The molecule has 1 aliphatic rings. The molecular formula is C13H17FN2O3. The second-order valence-corrected chi connectivity index (χ2v) is 4.54. The summed E-state index contributed by atoms with van der Waals surface area (Å²) in [5.74, 6) is -0.466. The molecular weight excluding hydrogens is 251 g/mol. The number of carbonyl (C=O) groups is 1. The number of halogens is 1. The lowest BCUT2D eigenvalue weighted by atomic mass is 10.1. The molecule has 0 unspecified atom stereocenters. The van der Waals surface area contributed by atoms with Crippen LogP contribution in [0.4, 0.5) is 4.39 Å². The van der Waals surface area contributed by atoms with Crippen LogP contribution < -0.4 is 15.4 Å². The first-order valence-corrected chi connectivity index (χ1v) is 6.11. The summed E-state index contributed by atoms with van der Waals surface area (Å²) in [5.41, 5.74) is 0.658. The Bertz CT molecular complexity index is 467. The van der Waals surface area contributed by atoms with Gasteiger partial charge in [-0.2, -0.15) is 0 Å². The van der Waals surface area contributed by atoms with Crippen LogP contribution in [-0.2, 0) is 11.3 Å². The standard InChI is InChI=1S/C13H17FN2O3/c1-19-12-3-2-8(4-10(12)14)6-16-13(18)11-5-9(17)7-15-11/h2-4,9,11,15,17H,5-7H2,1H3,(H,16,18)/t9-,11+/m0/s1. The van der Waals surface area contributed by atoms with Gasteiger partial charge in [-0.1, -0.05) is 6.07 Å². The van der Waals surface area contributed by atoms with Crippen LogP contribution in [0.3, 0.4) is 0 Å². The summed E-state index contributed by atoms with van der Waals surface area (Å²) in [6.45, 7) is 0.670. The van der Waals surface area contributed by atoms with E-state index < -0.39 is 11.9 Å². The van der Waals surface area contributed by atoms with E-state index in [2.05, 4.69) is 10.6 Å². The Morgan fingerprint density at radius 3 is 3.00 bits per heavy atom. The highest BCUT2D eigenvalue weighted by molar-refractivity contribution is 5.82. The number of rotatable bonds is 4. The molecule has 0 bridgehead atoms. The van der Waals surface area contributed by atoms with Crippen molar-refractivity contribution in [1.82, 2.24) is 10.6 Å². The van der Waals surface area contributed by atoms with E-state index >= 15 is 0 Å². The topological polar surface area (TPSA) is 70.6 Å². The van der Waals surface area contributed by atoms with E-state index in [0.717, 1.165) is 0 Å². The molecule has 1 aromatic carbocycles. The van der Waals surface area contributed by atoms with Gasteiger partial charge in [-0.3, -0.25) is 4.79 Å². The Labute approximate surface area is 110 Å². The Morgan fingerprint density at radius 2 is 2.42 bits per heavy atom. The molecule has 0 saturated carbocycles. The van der Waals surface area contributed by atoms with Gasteiger partial charge in [-0.15, -0.1) is 0 Å². The summed E-state index contributed by atoms with van der Waals surface area (Å²) in [4.78, 5) is 11.8. The Balaban J connectivity index is 1.88. The van der Waals surface area contributed by atoms with Crippen LogP contribution in [0.1, 0.15) is 12.0 Å². The SMILES string of the molecule is COc1ccc(CNC(=O)[C@H]2C[C@H](O)CN2)cc1F. The maximum absolute atomic E-state index is 13.4. The van der Waals surface area contributed by atoms with Crippen LogP contribution in [0, 0.1) is 5.82 Å². The first kappa shape index (κ1) is 13.8. The number of ether oxygens (including phenoxy) is 1. The number of carbonyl (C=O) groups excluding carboxylic acids is 1. The first-order chi connectivity index (χ1) is 9.10. The molecule has 6 heteroatoms. The van der Waals surface area contributed by atoms with Crippen molar-refractivity contribution in [3.05, 3.63) is 29.6 Å².